The molecule has 0 aromatic heterocycles. The minimum absolute atomic E-state index is 0.725. The highest BCUT2D eigenvalue weighted by atomic mass is 79.9. The van der Waals surface area contributed by atoms with Gasteiger partial charge >= 0.3 is 0 Å². The van der Waals surface area contributed by atoms with Crippen LogP contribution in [-0.4, -0.2) is 27.3 Å². The summed E-state index contributed by atoms with van der Waals surface area (Å²) in [4.78, 5) is 0. The summed E-state index contributed by atoms with van der Waals surface area (Å²) >= 11 is 3.70. The minimum atomic E-state index is 0.725. The van der Waals surface area contributed by atoms with Gasteiger partial charge in [0.25, 0.3) is 0 Å². The van der Waals surface area contributed by atoms with Crippen molar-refractivity contribution in [3.63, 3.8) is 0 Å². The van der Waals surface area contributed by atoms with Crippen LogP contribution >= 0.6 is 15.9 Å². The Bertz CT molecular complexity index is 482. The second-order valence-electron chi connectivity index (χ2n) is 5.51. The van der Waals surface area contributed by atoms with E-state index in [2.05, 4.69) is 35.1 Å². The highest BCUT2D eigenvalue weighted by Crippen LogP contribution is 2.43. The van der Waals surface area contributed by atoms with Gasteiger partial charge in [-0.25, -0.2) is 0 Å². The molecule has 0 spiro atoms. The van der Waals surface area contributed by atoms with Gasteiger partial charge in [-0.15, -0.1) is 0 Å². The van der Waals surface area contributed by atoms with Crippen LogP contribution in [-0.2, 0) is 6.42 Å². The van der Waals surface area contributed by atoms with Gasteiger partial charge in [-0.05, 0) is 57.7 Å². The molecule has 1 aliphatic rings. The van der Waals surface area contributed by atoms with Crippen LogP contribution in [0.2, 0.25) is 0 Å². The zero-order valence-electron chi connectivity index (χ0n) is 12.8. The monoisotopic (exact) mass is 341 g/mol. The molecular formula is C16H24BrNO2. The fourth-order valence-electron chi connectivity index (χ4n) is 3.07. The third kappa shape index (κ3) is 2.96. The summed E-state index contributed by atoms with van der Waals surface area (Å²) in [6, 6.07) is 0. The van der Waals surface area contributed by atoms with Gasteiger partial charge in [0.15, 0.2) is 11.5 Å². The average molecular weight is 342 g/mol. The second kappa shape index (κ2) is 6.81. The number of benzene rings is 1. The van der Waals surface area contributed by atoms with Crippen molar-refractivity contribution in [3.05, 3.63) is 21.2 Å². The molecule has 1 aliphatic heterocycles. The first-order valence-corrected chi connectivity index (χ1v) is 7.99. The number of halogens is 1. The molecule has 1 heterocycles. The van der Waals surface area contributed by atoms with E-state index in [1.165, 1.54) is 24.0 Å². The molecule has 2 rings (SSSR count). The molecule has 0 aliphatic carbocycles. The maximum atomic E-state index is 5.66. The number of hydrogen-bond acceptors (Lipinski definition) is 3. The molecule has 1 aromatic carbocycles. The van der Waals surface area contributed by atoms with Gasteiger partial charge in [-0.3, -0.25) is 0 Å². The Hall–Kier alpha value is -0.740. The number of rotatable bonds is 4. The van der Waals surface area contributed by atoms with Crippen LogP contribution < -0.4 is 14.8 Å². The van der Waals surface area contributed by atoms with Gasteiger partial charge in [0.2, 0.25) is 0 Å². The summed E-state index contributed by atoms with van der Waals surface area (Å²) in [5.74, 6) is 2.49. The Balaban J connectivity index is 2.41. The Labute approximate surface area is 130 Å². The van der Waals surface area contributed by atoms with E-state index in [1.807, 2.05) is 0 Å². The van der Waals surface area contributed by atoms with Crippen molar-refractivity contribution in [2.75, 3.05) is 27.3 Å². The molecule has 0 atom stereocenters. The number of piperidine rings is 1. The maximum Gasteiger partial charge on any atom is 0.165 e. The standard InChI is InChI=1S/C16H24BrNO2/c1-10-13(9-12-5-7-18-8-6-12)16(20-4)15(19-3)11(2)14(10)17/h12,18H,5-9H2,1-4H3. The molecule has 1 saturated heterocycles. The summed E-state index contributed by atoms with van der Waals surface area (Å²) in [5, 5.41) is 3.42. The van der Waals surface area contributed by atoms with Crippen LogP contribution in [0.4, 0.5) is 0 Å². The molecule has 0 bridgehead atoms. The topological polar surface area (TPSA) is 30.5 Å². The molecule has 1 fully saturated rings. The average Bonchev–Trinajstić information content (AvgIpc) is 2.48. The highest BCUT2D eigenvalue weighted by Gasteiger charge is 2.23. The molecule has 0 saturated carbocycles. The van der Waals surface area contributed by atoms with Crippen molar-refractivity contribution in [2.45, 2.75) is 33.1 Å². The van der Waals surface area contributed by atoms with Crippen LogP contribution in [0.25, 0.3) is 0 Å². The predicted molar refractivity (Wildman–Crippen MR) is 86.0 cm³/mol. The first-order valence-electron chi connectivity index (χ1n) is 7.20. The Morgan fingerprint density at radius 3 is 2.20 bits per heavy atom. The molecular weight excluding hydrogens is 318 g/mol. The predicted octanol–water partition coefficient (Wildman–Crippen LogP) is 3.63. The first kappa shape index (κ1) is 15.6. The minimum Gasteiger partial charge on any atom is -0.493 e. The van der Waals surface area contributed by atoms with E-state index in [4.69, 9.17) is 9.47 Å². The number of ether oxygens (including phenoxy) is 2. The first-order chi connectivity index (χ1) is 9.60. The second-order valence-corrected chi connectivity index (χ2v) is 6.30. The van der Waals surface area contributed by atoms with Crippen LogP contribution in [0.15, 0.2) is 4.47 Å². The lowest BCUT2D eigenvalue weighted by Crippen LogP contribution is -2.29. The van der Waals surface area contributed by atoms with Crippen molar-refractivity contribution in [2.24, 2.45) is 5.92 Å². The van der Waals surface area contributed by atoms with Crippen LogP contribution in [0.1, 0.15) is 29.5 Å². The van der Waals surface area contributed by atoms with E-state index in [9.17, 15) is 0 Å². The molecule has 0 radical (unpaired) electrons. The zero-order valence-corrected chi connectivity index (χ0v) is 14.4. The van der Waals surface area contributed by atoms with Crippen molar-refractivity contribution in [1.29, 1.82) is 0 Å². The van der Waals surface area contributed by atoms with Crippen molar-refractivity contribution < 1.29 is 9.47 Å². The van der Waals surface area contributed by atoms with Gasteiger partial charge in [0.1, 0.15) is 0 Å². The molecule has 3 nitrogen and oxygen atoms in total. The van der Waals surface area contributed by atoms with Crippen molar-refractivity contribution in [3.8, 4) is 11.5 Å². The van der Waals surface area contributed by atoms with E-state index in [-0.39, 0.29) is 0 Å². The molecule has 0 amide bonds. The summed E-state index contributed by atoms with van der Waals surface area (Å²) in [6.07, 6.45) is 3.53. The van der Waals surface area contributed by atoms with E-state index in [0.717, 1.165) is 47.0 Å². The lowest BCUT2D eigenvalue weighted by atomic mass is 9.88. The summed E-state index contributed by atoms with van der Waals surface area (Å²) in [6.45, 7) is 6.47. The molecule has 4 heteroatoms. The molecule has 20 heavy (non-hydrogen) atoms. The van der Waals surface area contributed by atoms with E-state index in [1.54, 1.807) is 14.2 Å². The van der Waals surface area contributed by atoms with Gasteiger partial charge < -0.3 is 14.8 Å². The lowest BCUT2D eigenvalue weighted by molar-refractivity contribution is 0.337. The molecule has 1 N–H and O–H groups in total. The molecule has 112 valence electrons. The van der Waals surface area contributed by atoms with Crippen LogP contribution in [0, 0.1) is 19.8 Å². The number of hydrogen-bond donors (Lipinski definition) is 1. The largest absolute Gasteiger partial charge is 0.493 e. The summed E-state index contributed by atoms with van der Waals surface area (Å²) in [7, 11) is 3.44. The lowest BCUT2D eigenvalue weighted by Gasteiger charge is -2.26. The maximum absolute atomic E-state index is 5.66. The van der Waals surface area contributed by atoms with Crippen LogP contribution in [0.3, 0.4) is 0 Å². The van der Waals surface area contributed by atoms with Gasteiger partial charge in [0.05, 0.1) is 14.2 Å². The van der Waals surface area contributed by atoms with E-state index < -0.39 is 0 Å². The van der Waals surface area contributed by atoms with E-state index >= 15 is 0 Å². The zero-order chi connectivity index (χ0) is 14.7. The normalized spacial score (nSPS) is 16.2. The van der Waals surface area contributed by atoms with Gasteiger partial charge in [-0.1, -0.05) is 15.9 Å². The highest BCUT2D eigenvalue weighted by molar-refractivity contribution is 9.10. The van der Waals surface area contributed by atoms with Crippen LogP contribution in [0.5, 0.6) is 11.5 Å². The van der Waals surface area contributed by atoms with Gasteiger partial charge in [-0.2, -0.15) is 0 Å². The smallest absolute Gasteiger partial charge is 0.165 e. The Morgan fingerprint density at radius 1 is 1.05 bits per heavy atom. The fourth-order valence-corrected chi connectivity index (χ4v) is 3.49. The Kier molecular flexibility index (Phi) is 5.33. The number of nitrogens with one attached hydrogen (secondary N) is 1. The molecule has 1 aromatic rings. The van der Waals surface area contributed by atoms with Gasteiger partial charge in [0, 0.05) is 15.6 Å². The van der Waals surface area contributed by atoms with Crippen molar-refractivity contribution in [1.82, 2.24) is 5.32 Å². The summed E-state index contributed by atoms with van der Waals surface area (Å²) in [5.41, 5.74) is 3.67. The number of methoxy groups -OCH3 is 2. The van der Waals surface area contributed by atoms with E-state index in [0.29, 0.717) is 0 Å². The molecule has 0 unspecified atom stereocenters. The Morgan fingerprint density at radius 2 is 1.65 bits per heavy atom. The third-order valence-electron chi connectivity index (χ3n) is 4.29. The SMILES string of the molecule is COc1c(C)c(Br)c(C)c(CC2CCNCC2)c1OC. The van der Waals surface area contributed by atoms with Crippen molar-refractivity contribution >= 4 is 15.9 Å². The third-order valence-corrected chi connectivity index (χ3v) is 5.48. The quantitative estimate of drug-likeness (QED) is 0.907. The summed E-state index contributed by atoms with van der Waals surface area (Å²) < 4.78 is 12.4. The fraction of sp³-hybridized carbons (Fsp3) is 0.625.